The summed E-state index contributed by atoms with van der Waals surface area (Å²) in [6.45, 7) is 1.08. The highest BCUT2D eigenvalue weighted by Crippen LogP contribution is 2.15. The second-order valence-corrected chi connectivity index (χ2v) is 7.66. The molecule has 6 nitrogen and oxygen atoms in total. The Morgan fingerprint density at radius 1 is 0.500 bits per heavy atom. The van der Waals surface area contributed by atoms with Crippen molar-refractivity contribution in [3.8, 4) is 11.1 Å². The van der Waals surface area contributed by atoms with Gasteiger partial charge in [-0.05, 0) is 22.1 Å². The zero-order valence-corrected chi connectivity index (χ0v) is 19.8. The molecule has 4 aromatic rings. The maximum Gasteiger partial charge on any atom is 0.488 e. The Bertz CT molecular complexity index is 1100. The summed E-state index contributed by atoms with van der Waals surface area (Å²) in [4.78, 5) is 0. The minimum absolute atomic E-state index is 0. The van der Waals surface area contributed by atoms with Crippen LogP contribution in [0.4, 0.5) is 0 Å². The van der Waals surface area contributed by atoms with Crippen molar-refractivity contribution in [1.29, 1.82) is 0 Å². The fraction of sp³-hybridized carbons (Fsp3) is 0.0833. The first kappa shape index (κ1) is 27.5. The van der Waals surface area contributed by atoms with E-state index in [4.69, 9.17) is 0 Å². The summed E-state index contributed by atoms with van der Waals surface area (Å²) in [6, 6.07) is 22.6. The van der Waals surface area contributed by atoms with E-state index in [1.807, 2.05) is 82.5 Å². The zero-order chi connectivity index (χ0) is 22.5. The summed E-state index contributed by atoms with van der Waals surface area (Å²) in [6.07, 6.45) is 7.87. The molecule has 2 aromatic carbocycles. The molecule has 0 aliphatic carbocycles. The van der Waals surface area contributed by atoms with Crippen LogP contribution < -0.4 is 44.9 Å². The van der Waals surface area contributed by atoms with E-state index in [2.05, 4.69) is 0 Å². The van der Waals surface area contributed by atoms with E-state index in [9.17, 15) is 20.1 Å². The summed E-state index contributed by atoms with van der Waals surface area (Å²) in [5, 5.41) is 38.2. The average molecular weight is 497 g/mol. The minimum Gasteiger partial charge on any atom is -1.00 e. The molecule has 174 valence electrons. The number of rotatable bonds is 7. The molecule has 0 spiro atoms. The van der Waals surface area contributed by atoms with Crippen LogP contribution in [0, 0.1) is 0 Å². The van der Waals surface area contributed by atoms with E-state index in [0.717, 1.165) is 22.3 Å². The Hall–Kier alpha value is -2.71. The van der Waals surface area contributed by atoms with Crippen LogP contribution in [0.15, 0.2) is 97.6 Å². The van der Waals surface area contributed by atoms with Crippen molar-refractivity contribution >= 4 is 25.2 Å². The maximum absolute atomic E-state index is 9.55. The van der Waals surface area contributed by atoms with Crippen molar-refractivity contribution in [2.45, 2.75) is 13.1 Å². The van der Waals surface area contributed by atoms with Gasteiger partial charge in [0.2, 0.25) is 0 Å². The first-order chi connectivity index (χ1) is 15.5. The van der Waals surface area contributed by atoms with Gasteiger partial charge in [0.15, 0.2) is 37.9 Å². The molecule has 34 heavy (non-hydrogen) atoms. The molecule has 0 unspecified atom stereocenters. The van der Waals surface area contributed by atoms with Crippen LogP contribution in [0.5, 0.6) is 0 Å². The second-order valence-electron chi connectivity index (χ2n) is 7.66. The summed E-state index contributed by atoms with van der Waals surface area (Å²) in [5.41, 5.74) is 4.85. The number of nitrogens with zero attached hydrogens (tertiary/aromatic N) is 2. The van der Waals surface area contributed by atoms with Crippen LogP contribution >= 0.6 is 0 Å². The van der Waals surface area contributed by atoms with Crippen molar-refractivity contribution in [2.24, 2.45) is 0 Å². The van der Waals surface area contributed by atoms with Gasteiger partial charge in [0.05, 0.1) is 0 Å². The number of halogens is 2. The van der Waals surface area contributed by atoms with Crippen LogP contribution in [-0.4, -0.2) is 34.3 Å². The Morgan fingerprint density at radius 3 is 1.15 bits per heavy atom. The van der Waals surface area contributed by atoms with E-state index in [0.29, 0.717) is 24.0 Å². The van der Waals surface area contributed by atoms with Crippen LogP contribution in [0.3, 0.4) is 0 Å². The Kier molecular flexibility index (Phi) is 10.3. The predicted molar refractivity (Wildman–Crippen MR) is 123 cm³/mol. The molecule has 2 heterocycles. The maximum atomic E-state index is 9.55. The van der Waals surface area contributed by atoms with Crippen molar-refractivity contribution in [3.05, 3.63) is 109 Å². The molecule has 10 heteroatoms. The molecule has 0 saturated heterocycles. The minimum atomic E-state index is -1.49. The molecule has 2 aromatic heterocycles. The topological polar surface area (TPSA) is 88.7 Å². The number of hydrogen-bond donors (Lipinski definition) is 4. The second kappa shape index (κ2) is 12.7. The van der Waals surface area contributed by atoms with Gasteiger partial charge in [0.1, 0.15) is 0 Å². The molecule has 0 fully saturated rings. The lowest BCUT2D eigenvalue weighted by Crippen LogP contribution is -3.00. The fourth-order valence-corrected chi connectivity index (χ4v) is 3.76. The molecule has 0 atom stereocenters. The normalized spacial score (nSPS) is 10.1. The number of benzene rings is 2. The van der Waals surface area contributed by atoms with E-state index in [1.165, 1.54) is 0 Å². The lowest BCUT2D eigenvalue weighted by Gasteiger charge is -2.07. The summed E-state index contributed by atoms with van der Waals surface area (Å²) >= 11 is 0. The first-order valence-corrected chi connectivity index (χ1v) is 10.4. The molecular weight excluding hydrogens is 473 g/mol. The number of hydrogen-bond acceptors (Lipinski definition) is 4. The Labute approximate surface area is 211 Å². The van der Waals surface area contributed by atoms with Gasteiger partial charge in [-0.3, -0.25) is 0 Å². The third-order valence-electron chi connectivity index (χ3n) is 5.49. The number of pyridine rings is 2. The highest BCUT2D eigenvalue weighted by molar-refractivity contribution is 6.59. The fourth-order valence-electron chi connectivity index (χ4n) is 3.76. The monoisotopic (exact) mass is 496 g/mol. The van der Waals surface area contributed by atoms with Gasteiger partial charge in [-0.2, -0.15) is 0 Å². The Morgan fingerprint density at radius 2 is 0.824 bits per heavy atom. The third-order valence-corrected chi connectivity index (χ3v) is 5.49. The average Bonchev–Trinajstić information content (AvgIpc) is 2.81. The third kappa shape index (κ3) is 6.67. The molecule has 4 rings (SSSR count). The summed E-state index contributed by atoms with van der Waals surface area (Å²) < 4.78 is 3.98. The van der Waals surface area contributed by atoms with Gasteiger partial charge >= 0.3 is 14.2 Å². The zero-order valence-electron chi connectivity index (χ0n) is 18.2. The molecule has 0 aliphatic heterocycles. The predicted octanol–water partition coefficient (Wildman–Crippen LogP) is -6.61. The van der Waals surface area contributed by atoms with Crippen molar-refractivity contribution < 1.29 is 54.0 Å². The van der Waals surface area contributed by atoms with Crippen LogP contribution in [0.25, 0.3) is 11.1 Å². The van der Waals surface area contributed by atoms with Gasteiger partial charge in [-0.25, -0.2) is 9.13 Å². The van der Waals surface area contributed by atoms with Crippen LogP contribution in [-0.2, 0) is 13.1 Å². The SMILES string of the molecule is OB(O)c1ccccc1C[n+]1ccc(-c2cc[n+](Cc3ccccc3B(O)O)cc2)cc1.[Cl-].[Cl-]. The lowest BCUT2D eigenvalue weighted by atomic mass is 9.77. The highest BCUT2D eigenvalue weighted by atomic mass is 35.5. The van der Waals surface area contributed by atoms with Crippen LogP contribution in [0.2, 0.25) is 0 Å². The van der Waals surface area contributed by atoms with Crippen molar-refractivity contribution in [3.63, 3.8) is 0 Å². The van der Waals surface area contributed by atoms with Crippen molar-refractivity contribution in [2.75, 3.05) is 0 Å². The molecule has 4 N–H and O–H groups in total. The van der Waals surface area contributed by atoms with E-state index in [-0.39, 0.29) is 24.8 Å². The molecule has 0 saturated carbocycles. The van der Waals surface area contributed by atoms with E-state index in [1.54, 1.807) is 24.3 Å². The van der Waals surface area contributed by atoms with E-state index >= 15 is 0 Å². The van der Waals surface area contributed by atoms with E-state index < -0.39 is 14.2 Å². The van der Waals surface area contributed by atoms with Crippen LogP contribution in [0.1, 0.15) is 11.1 Å². The lowest BCUT2D eigenvalue weighted by molar-refractivity contribution is -0.688. The summed E-state index contributed by atoms with van der Waals surface area (Å²) in [5.74, 6) is 0. The van der Waals surface area contributed by atoms with Gasteiger partial charge in [0.25, 0.3) is 0 Å². The van der Waals surface area contributed by atoms with Gasteiger partial charge in [-0.1, -0.05) is 48.5 Å². The number of aromatic nitrogens is 2. The molecule has 0 amide bonds. The Balaban J connectivity index is 0.00000204. The summed E-state index contributed by atoms with van der Waals surface area (Å²) in [7, 11) is -2.98. The van der Waals surface area contributed by atoms with Gasteiger partial charge in [0, 0.05) is 35.4 Å². The molecular formula is C24H24B2Cl2N2O4. The smallest absolute Gasteiger partial charge is 0.488 e. The molecule has 0 radical (unpaired) electrons. The largest absolute Gasteiger partial charge is 1.00 e. The standard InChI is InChI=1S/C24H24B2N2O4.2ClH/c29-25(30)23-7-3-1-5-21(23)17-27-13-9-19(10-14-27)20-11-15-28(16-12-20)18-22-6-2-4-8-24(22)26(31)32;;/h1-16,29-32H,17-18H2;2*1H/q+2;;/p-2. The molecule has 0 aliphatic rings. The molecule has 0 bridgehead atoms. The first-order valence-electron chi connectivity index (χ1n) is 10.4. The quantitative estimate of drug-likeness (QED) is 0.151. The highest BCUT2D eigenvalue weighted by Gasteiger charge is 2.19. The van der Waals surface area contributed by atoms with Gasteiger partial charge < -0.3 is 44.9 Å². The van der Waals surface area contributed by atoms with Crippen molar-refractivity contribution in [1.82, 2.24) is 0 Å². The van der Waals surface area contributed by atoms with Gasteiger partial charge in [-0.15, -0.1) is 0 Å².